The van der Waals surface area contributed by atoms with Crippen LogP contribution in [0.2, 0.25) is 0 Å². The molecule has 1 aliphatic heterocycles. The van der Waals surface area contributed by atoms with Gasteiger partial charge in [0.2, 0.25) is 0 Å². The summed E-state index contributed by atoms with van der Waals surface area (Å²) in [6.45, 7) is 7.08. The molecule has 0 aromatic carbocycles. The van der Waals surface area contributed by atoms with Gasteiger partial charge in [0.25, 0.3) is 0 Å². The molecular formula is C13H23N3O2. The third-order valence-corrected chi connectivity index (χ3v) is 3.20. The largest absolute Gasteiger partial charge is 0.387 e. The second-order valence-electron chi connectivity index (χ2n) is 5.64. The van der Waals surface area contributed by atoms with Gasteiger partial charge in [-0.05, 0) is 25.3 Å². The van der Waals surface area contributed by atoms with Crippen molar-refractivity contribution >= 4 is 0 Å². The Bertz CT molecular complexity index is 370. The lowest BCUT2D eigenvalue weighted by molar-refractivity contribution is 0.0603. The van der Waals surface area contributed by atoms with Crippen LogP contribution >= 0.6 is 0 Å². The monoisotopic (exact) mass is 253 g/mol. The van der Waals surface area contributed by atoms with E-state index >= 15 is 0 Å². The molecule has 0 radical (unpaired) electrons. The van der Waals surface area contributed by atoms with Gasteiger partial charge in [-0.15, -0.1) is 0 Å². The molecule has 2 rings (SSSR count). The van der Waals surface area contributed by atoms with Crippen molar-refractivity contribution in [3.8, 4) is 0 Å². The summed E-state index contributed by atoms with van der Waals surface area (Å²) in [5.74, 6) is 1.42. The zero-order chi connectivity index (χ0) is 13.0. The molecule has 1 aromatic rings. The average molecular weight is 253 g/mol. The Morgan fingerprint density at radius 2 is 2.44 bits per heavy atom. The van der Waals surface area contributed by atoms with E-state index in [1.807, 2.05) is 6.07 Å². The van der Waals surface area contributed by atoms with Gasteiger partial charge in [0.15, 0.2) is 5.76 Å². The van der Waals surface area contributed by atoms with Gasteiger partial charge >= 0.3 is 0 Å². The minimum atomic E-state index is -0.610. The maximum atomic E-state index is 10.1. The highest BCUT2D eigenvalue weighted by atomic mass is 16.5. The molecule has 1 aliphatic rings. The van der Waals surface area contributed by atoms with Crippen LogP contribution in [0.15, 0.2) is 10.6 Å². The summed E-state index contributed by atoms with van der Waals surface area (Å²) < 4.78 is 5.25. The fourth-order valence-corrected chi connectivity index (χ4v) is 2.25. The Kier molecular flexibility index (Phi) is 4.37. The van der Waals surface area contributed by atoms with Crippen LogP contribution in [0.4, 0.5) is 0 Å². The summed E-state index contributed by atoms with van der Waals surface area (Å²) in [5.41, 5.74) is 0.392. The number of nitrogens with zero attached hydrogens (tertiary/aromatic N) is 1. The highest BCUT2D eigenvalue weighted by molar-refractivity contribution is 5.06. The number of β-amino-alcohol motifs (C(OH)–C–C–N with tert-alkyl or cyclic N) is 1. The van der Waals surface area contributed by atoms with Crippen molar-refractivity contribution in [1.82, 2.24) is 15.8 Å². The quantitative estimate of drug-likeness (QED) is 0.696. The van der Waals surface area contributed by atoms with Gasteiger partial charge in [-0.25, -0.2) is 0 Å². The van der Waals surface area contributed by atoms with Crippen molar-refractivity contribution in [2.24, 2.45) is 5.92 Å². The molecule has 1 atom stereocenters. The fraction of sp³-hybridized carbons (Fsp3) is 0.769. The second kappa shape index (κ2) is 5.82. The van der Waals surface area contributed by atoms with Gasteiger partial charge in [-0.1, -0.05) is 19.0 Å². The molecule has 1 fully saturated rings. The van der Waals surface area contributed by atoms with E-state index in [1.165, 1.54) is 0 Å². The van der Waals surface area contributed by atoms with Crippen molar-refractivity contribution in [3.05, 3.63) is 17.5 Å². The molecule has 3 N–H and O–H groups in total. The lowest BCUT2D eigenvalue weighted by Gasteiger charge is -2.21. The number of rotatable bonds is 6. The zero-order valence-electron chi connectivity index (χ0n) is 11.2. The van der Waals surface area contributed by atoms with E-state index in [9.17, 15) is 5.11 Å². The van der Waals surface area contributed by atoms with Gasteiger partial charge in [0.1, 0.15) is 0 Å². The molecule has 0 spiro atoms. The first-order chi connectivity index (χ1) is 8.57. The van der Waals surface area contributed by atoms with E-state index in [2.05, 4.69) is 29.6 Å². The van der Waals surface area contributed by atoms with Gasteiger partial charge in [-0.2, -0.15) is 0 Å². The molecule has 0 amide bonds. The van der Waals surface area contributed by atoms with Crippen molar-refractivity contribution in [2.75, 3.05) is 19.6 Å². The average Bonchev–Trinajstić information content (AvgIpc) is 2.88. The number of aliphatic hydroxyl groups is 1. The molecular weight excluding hydrogens is 230 g/mol. The standard InChI is InChI=1S/C13H23N3O2/c1-10(2)5-11-6-12(18-16-11)7-15-9-13(17)3-4-14-8-13/h6,10,14-15,17H,3-5,7-9H2,1-2H3/t13-/m0/s1. The van der Waals surface area contributed by atoms with Gasteiger partial charge < -0.3 is 20.3 Å². The number of hydrogen-bond acceptors (Lipinski definition) is 5. The predicted molar refractivity (Wildman–Crippen MR) is 69.2 cm³/mol. The summed E-state index contributed by atoms with van der Waals surface area (Å²) in [6.07, 6.45) is 1.74. The Hall–Kier alpha value is -0.910. The maximum absolute atomic E-state index is 10.1. The lowest BCUT2D eigenvalue weighted by atomic mass is 10.0. The molecule has 1 aromatic heterocycles. The number of aromatic nitrogens is 1. The van der Waals surface area contributed by atoms with E-state index in [-0.39, 0.29) is 0 Å². The predicted octanol–water partition coefficient (Wildman–Crippen LogP) is 0.687. The highest BCUT2D eigenvalue weighted by Crippen LogP contribution is 2.13. The third kappa shape index (κ3) is 3.80. The molecule has 5 heteroatoms. The Labute approximate surface area is 108 Å². The summed E-state index contributed by atoms with van der Waals surface area (Å²) in [7, 11) is 0. The first-order valence-electron chi connectivity index (χ1n) is 6.66. The minimum absolute atomic E-state index is 0.584. The summed E-state index contributed by atoms with van der Waals surface area (Å²) in [6, 6.07) is 1.99. The van der Waals surface area contributed by atoms with Gasteiger partial charge in [-0.3, -0.25) is 0 Å². The molecule has 2 heterocycles. The fourth-order valence-electron chi connectivity index (χ4n) is 2.25. The smallest absolute Gasteiger partial charge is 0.150 e. The SMILES string of the molecule is CC(C)Cc1cc(CNC[C@]2(O)CCNC2)on1. The minimum Gasteiger partial charge on any atom is -0.387 e. The van der Waals surface area contributed by atoms with Crippen molar-refractivity contribution in [2.45, 2.75) is 38.8 Å². The molecule has 0 bridgehead atoms. The van der Waals surface area contributed by atoms with Crippen LogP contribution < -0.4 is 10.6 Å². The lowest BCUT2D eigenvalue weighted by Crippen LogP contribution is -2.42. The normalized spacial score (nSPS) is 24.0. The molecule has 5 nitrogen and oxygen atoms in total. The molecule has 0 aliphatic carbocycles. The summed E-state index contributed by atoms with van der Waals surface area (Å²) in [5, 5.41) is 20.5. The second-order valence-corrected chi connectivity index (χ2v) is 5.64. The van der Waals surface area contributed by atoms with Gasteiger partial charge in [0, 0.05) is 19.2 Å². The maximum Gasteiger partial charge on any atom is 0.150 e. The third-order valence-electron chi connectivity index (χ3n) is 3.20. The van der Waals surface area contributed by atoms with E-state index < -0.39 is 5.60 Å². The summed E-state index contributed by atoms with van der Waals surface area (Å²) >= 11 is 0. The van der Waals surface area contributed by atoms with Gasteiger partial charge in [0.05, 0.1) is 17.8 Å². The van der Waals surface area contributed by atoms with E-state index in [0.717, 1.165) is 30.8 Å². The Morgan fingerprint density at radius 3 is 3.11 bits per heavy atom. The van der Waals surface area contributed by atoms with Crippen molar-refractivity contribution in [3.63, 3.8) is 0 Å². The van der Waals surface area contributed by atoms with Crippen LogP contribution in [-0.4, -0.2) is 35.5 Å². The van der Waals surface area contributed by atoms with E-state index in [4.69, 9.17) is 4.52 Å². The topological polar surface area (TPSA) is 70.3 Å². The zero-order valence-corrected chi connectivity index (χ0v) is 11.2. The van der Waals surface area contributed by atoms with Crippen LogP contribution in [0.3, 0.4) is 0 Å². The molecule has 0 saturated carbocycles. The molecule has 1 saturated heterocycles. The highest BCUT2D eigenvalue weighted by Gasteiger charge is 2.30. The van der Waals surface area contributed by atoms with Crippen LogP contribution in [0.1, 0.15) is 31.7 Å². The van der Waals surface area contributed by atoms with Crippen LogP contribution in [0.25, 0.3) is 0 Å². The Balaban J connectivity index is 1.74. The number of hydrogen-bond donors (Lipinski definition) is 3. The number of nitrogens with one attached hydrogen (secondary N) is 2. The van der Waals surface area contributed by atoms with E-state index in [1.54, 1.807) is 0 Å². The summed E-state index contributed by atoms with van der Waals surface area (Å²) in [4.78, 5) is 0. The first-order valence-corrected chi connectivity index (χ1v) is 6.66. The van der Waals surface area contributed by atoms with Crippen LogP contribution in [0.5, 0.6) is 0 Å². The van der Waals surface area contributed by atoms with Crippen molar-refractivity contribution < 1.29 is 9.63 Å². The van der Waals surface area contributed by atoms with Crippen LogP contribution in [-0.2, 0) is 13.0 Å². The molecule has 18 heavy (non-hydrogen) atoms. The van der Waals surface area contributed by atoms with Crippen molar-refractivity contribution in [1.29, 1.82) is 0 Å². The van der Waals surface area contributed by atoms with Crippen LogP contribution in [0, 0.1) is 5.92 Å². The molecule has 0 unspecified atom stereocenters. The first kappa shape index (κ1) is 13.5. The Morgan fingerprint density at radius 1 is 1.61 bits per heavy atom. The van der Waals surface area contributed by atoms with E-state index in [0.29, 0.717) is 25.6 Å². The molecule has 102 valence electrons.